The van der Waals surface area contributed by atoms with Gasteiger partial charge in [0.1, 0.15) is 0 Å². The molecular formula is C15H21N3O4. The molecule has 0 heterocycles. The van der Waals surface area contributed by atoms with Crippen LogP contribution in [0.1, 0.15) is 20.3 Å². The summed E-state index contributed by atoms with van der Waals surface area (Å²) in [6.07, 6.45) is -0.850. The number of urea groups is 1. The number of hydrogen-bond donors (Lipinski definition) is 3. The molecule has 3 N–H and O–H groups in total. The van der Waals surface area contributed by atoms with E-state index in [4.69, 9.17) is 4.74 Å². The number of amides is 3. The normalized spacial score (nSPS) is 11.2. The lowest BCUT2D eigenvalue weighted by Gasteiger charge is -2.13. The molecule has 0 spiro atoms. The molecule has 1 rings (SSSR count). The summed E-state index contributed by atoms with van der Waals surface area (Å²) in [5, 5.41) is 7.72. The third-order valence-corrected chi connectivity index (χ3v) is 2.67. The van der Waals surface area contributed by atoms with Crippen molar-refractivity contribution in [2.45, 2.75) is 26.4 Å². The largest absolute Gasteiger partial charge is 0.452 e. The first-order valence-electron chi connectivity index (χ1n) is 7.10. The molecule has 0 aromatic heterocycles. The minimum absolute atomic E-state index is 0.00798. The van der Waals surface area contributed by atoms with E-state index in [1.54, 1.807) is 31.2 Å². The van der Waals surface area contributed by atoms with Gasteiger partial charge in [-0.05, 0) is 26.0 Å². The van der Waals surface area contributed by atoms with Crippen LogP contribution in [0.2, 0.25) is 0 Å². The highest BCUT2D eigenvalue weighted by atomic mass is 16.5. The standard InChI is InChI=1S/C15H21N3O4/c1-3-16-14(20)11(2)22-13(19)9-10-17-15(21)18-12-7-5-4-6-8-12/h4-8,11H,3,9-10H2,1-2H3,(H,16,20)(H2,17,18,21)/t11-/m1/s1. The van der Waals surface area contributed by atoms with E-state index in [0.717, 1.165) is 0 Å². The summed E-state index contributed by atoms with van der Waals surface area (Å²) in [6.45, 7) is 3.88. The van der Waals surface area contributed by atoms with E-state index in [9.17, 15) is 14.4 Å². The molecule has 0 radical (unpaired) electrons. The van der Waals surface area contributed by atoms with Gasteiger partial charge in [0.2, 0.25) is 0 Å². The van der Waals surface area contributed by atoms with Gasteiger partial charge in [0.05, 0.1) is 6.42 Å². The van der Waals surface area contributed by atoms with Crippen molar-refractivity contribution in [1.82, 2.24) is 10.6 Å². The van der Waals surface area contributed by atoms with Crippen molar-refractivity contribution in [3.05, 3.63) is 30.3 Å². The fraction of sp³-hybridized carbons (Fsp3) is 0.400. The summed E-state index contributed by atoms with van der Waals surface area (Å²) >= 11 is 0. The maximum absolute atomic E-state index is 11.6. The molecule has 0 saturated heterocycles. The Balaban J connectivity index is 2.22. The van der Waals surface area contributed by atoms with Crippen LogP contribution in [0.3, 0.4) is 0 Å². The van der Waals surface area contributed by atoms with E-state index in [1.807, 2.05) is 6.07 Å². The summed E-state index contributed by atoms with van der Waals surface area (Å²) < 4.78 is 4.94. The maximum Gasteiger partial charge on any atom is 0.319 e. The average molecular weight is 307 g/mol. The zero-order valence-electron chi connectivity index (χ0n) is 12.7. The van der Waals surface area contributed by atoms with Gasteiger partial charge in [0.15, 0.2) is 6.10 Å². The van der Waals surface area contributed by atoms with Gasteiger partial charge < -0.3 is 20.7 Å². The molecule has 0 fully saturated rings. The van der Waals surface area contributed by atoms with Crippen LogP contribution in [0.25, 0.3) is 0 Å². The minimum atomic E-state index is -0.842. The zero-order valence-corrected chi connectivity index (χ0v) is 12.7. The molecule has 0 saturated carbocycles. The second kappa shape index (κ2) is 9.38. The van der Waals surface area contributed by atoms with Crippen LogP contribution in [-0.4, -0.2) is 37.1 Å². The summed E-state index contributed by atoms with van der Waals surface area (Å²) in [6, 6.07) is 8.54. The van der Waals surface area contributed by atoms with Crippen LogP contribution in [-0.2, 0) is 14.3 Å². The van der Waals surface area contributed by atoms with E-state index in [0.29, 0.717) is 12.2 Å². The number of carbonyl (C=O) groups excluding carboxylic acids is 3. The predicted octanol–water partition coefficient (Wildman–Crippen LogP) is 1.27. The van der Waals surface area contributed by atoms with Gasteiger partial charge in [-0.15, -0.1) is 0 Å². The number of likely N-dealkylation sites (N-methyl/N-ethyl adjacent to an activating group) is 1. The van der Waals surface area contributed by atoms with E-state index in [2.05, 4.69) is 16.0 Å². The highest BCUT2D eigenvalue weighted by Crippen LogP contribution is 2.04. The SMILES string of the molecule is CCNC(=O)[C@@H](C)OC(=O)CCNC(=O)Nc1ccccc1. The quantitative estimate of drug-likeness (QED) is 0.661. The smallest absolute Gasteiger partial charge is 0.319 e. The first kappa shape index (κ1) is 17.5. The van der Waals surface area contributed by atoms with Crippen LogP contribution in [0, 0.1) is 0 Å². The number of carbonyl (C=O) groups is 3. The number of anilines is 1. The van der Waals surface area contributed by atoms with E-state index >= 15 is 0 Å². The molecule has 1 atom stereocenters. The number of ether oxygens (including phenoxy) is 1. The number of nitrogens with one attached hydrogen (secondary N) is 3. The summed E-state index contributed by atoms with van der Waals surface area (Å²) in [5.74, 6) is -0.885. The molecule has 1 aromatic rings. The first-order valence-corrected chi connectivity index (χ1v) is 7.10. The summed E-state index contributed by atoms with van der Waals surface area (Å²) in [4.78, 5) is 34.5. The van der Waals surface area contributed by atoms with Gasteiger partial charge in [-0.25, -0.2) is 4.79 Å². The molecule has 7 nitrogen and oxygen atoms in total. The second-order valence-corrected chi connectivity index (χ2v) is 4.52. The van der Waals surface area contributed by atoms with Gasteiger partial charge in [-0.1, -0.05) is 18.2 Å². The lowest BCUT2D eigenvalue weighted by molar-refractivity contribution is -0.154. The van der Waals surface area contributed by atoms with Gasteiger partial charge in [0, 0.05) is 18.8 Å². The first-order chi connectivity index (χ1) is 10.5. The predicted molar refractivity (Wildman–Crippen MR) is 82.3 cm³/mol. The van der Waals surface area contributed by atoms with E-state index in [1.165, 1.54) is 6.92 Å². The van der Waals surface area contributed by atoms with Crippen molar-refractivity contribution in [2.75, 3.05) is 18.4 Å². The number of rotatable bonds is 7. The van der Waals surface area contributed by atoms with Crippen molar-refractivity contribution in [2.24, 2.45) is 0 Å². The van der Waals surface area contributed by atoms with Crippen molar-refractivity contribution in [3.63, 3.8) is 0 Å². The molecule has 7 heteroatoms. The number of benzene rings is 1. The van der Waals surface area contributed by atoms with Crippen LogP contribution in [0.4, 0.5) is 10.5 Å². The van der Waals surface area contributed by atoms with Crippen LogP contribution >= 0.6 is 0 Å². The number of para-hydroxylation sites is 1. The summed E-state index contributed by atoms with van der Waals surface area (Å²) in [5.41, 5.74) is 0.660. The Bertz CT molecular complexity index is 505. The molecule has 0 aliphatic heterocycles. The Morgan fingerprint density at radius 2 is 1.82 bits per heavy atom. The molecule has 22 heavy (non-hydrogen) atoms. The molecule has 3 amide bonds. The molecular weight excluding hydrogens is 286 g/mol. The van der Waals surface area contributed by atoms with Crippen molar-refractivity contribution >= 4 is 23.6 Å². The lowest BCUT2D eigenvalue weighted by atomic mass is 10.3. The Morgan fingerprint density at radius 3 is 2.45 bits per heavy atom. The Morgan fingerprint density at radius 1 is 1.14 bits per heavy atom. The molecule has 1 aromatic carbocycles. The number of hydrogen-bond acceptors (Lipinski definition) is 4. The van der Waals surface area contributed by atoms with Crippen molar-refractivity contribution in [3.8, 4) is 0 Å². The topological polar surface area (TPSA) is 96.5 Å². The summed E-state index contributed by atoms with van der Waals surface area (Å²) in [7, 11) is 0. The molecule has 0 aliphatic rings. The Kier molecular flexibility index (Phi) is 7.45. The number of esters is 1. The maximum atomic E-state index is 11.6. The van der Waals surface area contributed by atoms with Gasteiger partial charge in [-0.2, -0.15) is 0 Å². The van der Waals surface area contributed by atoms with Crippen molar-refractivity contribution in [1.29, 1.82) is 0 Å². The zero-order chi connectivity index (χ0) is 16.4. The highest BCUT2D eigenvalue weighted by Gasteiger charge is 2.16. The fourth-order valence-corrected chi connectivity index (χ4v) is 1.60. The fourth-order valence-electron chi connectivity index (χ4n) is 1.60. The average Bonchev–Trinajstić information content (AvgIpc) is 2.48. The second-order valence-electron chi connectivity index (χ2n) is 4.52. The van der Waals surface area contributed by atoms with Crippen LogP contribution < -0.4 is 16.0 Å². The third-order valence-electron chi connectivity index (χ3n) is 2.67. The van der Waals surface area contributed by atoms with Gasteiger partial charge in [0.25, 0.3) is 5.91 Å². The van der Waals surface area contributed by atoms with Gasteiger partial charge in [-0.3, -0.25) is 9.59 Å². The molecule has 0 aliphatic carbocycles. The van der Waals surface area contributed by atoms with E-state index < -0.39 is 18.1 Å². The van der Waals surface area contributed by atoms with Gasteiger partial charge >= 0.3 is 12.0 Å². The Labute approximate surface area is 129 Å². The Hall–Kier alpha value is -2.57. The lowest BCUT2D eigenvalue weighted by Crippen LogP contribution is -2.36. The highest BCUT2D eigenvalue weighted by molar-refractivity contribution is 5.89. The third kappa shape index (κ3) is 6.74. The monoisotopic (exact) mass is 307 g/mol. The molecule has 120 valence electrons. The molecule has 0 unspecified atom stereocenters. The van der Waals surface area contributed by atoms with Crippen molar-refractivity contribution < 1.29 is 19.1 Å². The minimum Gasteiger partial charge on any atom is -0.452 e. The van der Waals surface area contributed by atoms with Crippen LogP contribution in [0.5, 0.6) is 0 Å². The molecule has 0 bridgehead atoms. The van der Waals surface area contributed by atoms with E-state index in [-0.39, 0.29) is 18.9 Å². The van der Waals surface area contributed by atoms with Crippen LogP contribution in [0.15, 0.2) is 30.3 Å².